The molecule has 1 heterocycles. The molecule has 0 aliphatic heterocycles. The number of carbonyl (C=O) groups excluding carboxylic acids is 1. The van der Waals surface area contributed by atoms with E-state index in [2.05, 4.69) is 16.2 Å². The average Bonchev–Trinajstić information content (AvgIpc) is 2.67. The van der Waals surface area contributed by atoms with Crippen molar-refractivity contribution in [2.75, 3.05) is 12.3 Å². The third-order valence-electron chi connectivity index (χ3n) is 3.94. The van der Waals surface area contributed by atoms with E-state index in [1.165, 1.54) is 16.3 Å². The van der Waals surface area contributed by atoms with Crippen LogP contribution in [-0.2, 0) is 4.79 Å². The van der Waals surface area contributed by atoms with Crippen molar-refractivity contribution >= 4 is 40.2 Å². The number of terminal acetylenes is 1. The Bertz CT molecular complexity index is 1120. The number of fused-ring (bicyclic) bond motifs is 1. The molecular weight excluding hydrogens is 382 g/mol. The summed E-state index contributed by atoms with van der Waals surface area (Å²) < 4.78 is 1.50. The number of halogens is 1. The Morgan fingerprint density at radius 2 is 2.07 bits per heavy atom. The highest BCUT2D eigenvalue weighted by Gasteiger charge is 2.16. The number of hydrogen-bond donors (Lipinski definition) is 1. The van der Waals surface area contributed by atoms with Gasteiger partial charge in [-0.25, -0.2) is 4.98 Å². The zero-order chi connectivity index (χ0) is 19.4. The molecule has 3 aromatic rings. The van der Waals surface area contributed by atoms with E-state index < -0.39 is 0 Å². The number of nitrogens with zero attached hydrogens (tertiary/aromatic N) is 2. The Labute approximate surface area is 165 Å². The van der Waals surface area contributed by atoms with Gasteiger partial charge in [0.1, 0.15) is 0 Å². The first-order chi connectivity index (χ1) is 13.0. The summed E-state index contributed by atoms with van der Waals surface area (Å²) in [7, 11) is 0. The summed E-state index contributed by atoms with van der Waals surface area (Å²) in [5, 5.41) is 4.07. The molecule has 0 fully saturated rings. The third-order valence-corrected chi connectivity index (χ3v) is 5.29. The summed E-state index contributed by atoms with van der Waals surface area (Å²) in [6.45, 7) is 2.00. The maximum atomic E-state index is 13.2. The van der Waals surface area contributed by atoms with Crippen LogP contribution >= 0.6 is 23.4 Å². The van der Waals surface area contributed by atoms with Crippen molar-refractivity contribution in [3.8, 4) is 18.0 Å². The van der Waals surface area contributed by atoms with E-state index in [0.717, 1.165) is 5.56 Å². The molecular formula is C20H16ClN3O2S. The number of rotatable bonds is 5. The van der Waals surface area contributed by atoms with Crippen molar-refractivity contribution in [2.45, 2.75) is 12.1 Å². The Hall–Kier alpha value is -2.75. The second-order valence-corrected chi connectivity index (χ2v) is 7.06. The van der Waals surface area contributed by atoms with Gasteiger partial charge < -0.3 is 5.32 Å². The maximum absolute atomic E-state index is 13.2. The first-order valence-electron chi connectivity index (χ1n) is 8.13. The molecule has 0 radical (unpaired) electrons. The van der Waals surface area contributed by atoms with E-state index in [0.29, 0.717) is 26.8 Å². The van der Waals surface area contributed by atoms with Crippen molar-refractivity contribution in [3.63, 3.8) is 0 Å². The number of para-hydroxylation sites is 1. The lowest BCUT2D eigenvalue weighted by molar-refractivity contribution is -0.118. The van der Waals surface area contributed by atoms with Crippen LogP contribution in [0.1, 0.15) is 5.56 Å². The van der Waals surface area contributed by atoms with Crippen LogP contribution in [0.4, 0.5) is 0 Å². The molecule has 27 heavy (non-hydrogen) atoms. The Kier molecular flexibility index (Phi) is 5.84. The van der Waals surface area contributed by atoms with Gasteiger partial charge in [-0.2, -0.15) is 0 Å². The van der Waals surface area contributed by atoms with E-state index in [-0.39, 0.29) is 23.8 Å². The van der Waals surface area contributed by atoms with Crippen LogP contribution in [0.15, 0.2) is 52.4 Å². The predicted molar refractivity (Wildman–Crippen MR) is 110 cm³/mol. The zero-order valence-electron chi connectivity index (χ0n) is 14.5. The van der Waals surface area contributed by atoms with Crippen LogP contribution in [0, 0.1) is 19.3 Å². The molecule has 1 aromatic heterocycles. The van der Waals surface area contributed by atoms with E-state index >= 15 is 0 Å². The van der Waals surface area contributed by atoms with Gasteiger partial charge in [0.05, 0.1) is 28.9 Å². The fourth-order valence-corrected chi connectivity index (χ4v) is 3.60. The van der Waals surface area contributed by atoms with Crippen molar-refractivity contribution in [2.24, 2.45) is 0 Å². The molecule has 0 aliphatic carbocycles. The minimum Gasteiger partial charge on any atom is -0.344 e. The number of nitrogens with one attached hydrogen (secondary N) is 1. The largest absolute Gasteiger partial charge is 0.344 e. The second-order valence-electron chi connectivity index (χ2n) is 5.71. The smallest absolute Gasteiger partial charge is 0.266 e. The summed E-state index contributed by atoms with van der Waals surface area (Å²) in [4.78, 5) is 29.7. The van der Waals surface area contributed by atoms with Gasteiger partial charge in [0.15, 0.2) is 5.16 Å². The molecule has 1 amide bonds. The zero-order valence-corrected chi connectivity index (χ0v) is 16.1. The molecule has 0 atom stereocenters. The summed E-state index contributed by atoms with van der Waals surface area (Å²) >= 11 is 7.42. The number of aromatic nitrogens is 2. The molecule has 2 aromatic carbocycles. The van der Waals surface area contributed by atoms with Crippen molar-refractivity contribution in [1.29, 1.82) is 0 Å². The van der Waals surface area contributed by atoms with Crippen molar-refractivity contribution in [3.05, 3.63) is 63.4 Å². The second kappa shape index (κ2) is 8.30. The van der Waals surface area contributed by atoms with Crippen LogP contribution in [-0.4, -0.2) is 27.8 Å². The van der Waals surface area contributed by atoms with Gasteiger partial charge in [0, 0.05) is 5.02 Å². The lowest BCUT2D eigenvalue weighted by Crippen LogP contribution is -2.27. The summed E-state index contributed by atoms with van der Waals surface area (Å²) in [5.74, 6) is 2.22. The average molecular weight is 398 g/mol. The van der Waals surface area contributed by atoms with Gasteiger partial charge in [-0.15, -0.1) is 6.42 Å². The van der Waals surface area contributed by atoms with E-state index in [1.54, 1.807) is 30.3 Å². The van der Waals surface area contributed by atoms with Crippen LogP contribution in [0.3, 0.4) is 0 Å². The Balaban J connectivity index is 2.13. The van der Waals surface area contributed by atoms with E-state index in [1.807, 2.05) is 19.1 Å². The Morgan fingerprint density at radius 3 is 2.85 bits per heavy atom. The SMILES string of the molecule is C#CCNC(=O)CSc1nc2ccccc2c(=O)n1-c1cccc(Cl)c1C. The summed E-state index contributed by atoms with van der Waals surface area (Å²) in [6.07, 6.45) is 5.16. The van der Waals surface area contributed by atoms with Crippen molar-refractivity contribution < 1.29 is 4.79 Å². The van der Waals surface area contributed by atoms with Crippen LogP contribution in [0.25, 0.3) is 16.6 Å². The van der Waals surface area contributed by atoms with Crippen LogP contribution < -0.4 is 10.9 Å². The summed E-state index contributed by atoms with van der Waals surface area (Å²) in [6, 6.07) is 12.5. The van der Waals surface area contributed by atoms with Gasteiger partial charge in [0.25, 0.3) is 5.56 Å². The quantitative estimate of drug-likeness (QED) is 0.408. The fourth-order valence-electron chi connectivity index (χ4n) is 2.59. The molecule has 0 bridgehead atoms. The first-order valence-corrected chi connectivity index (χ1v) is 9.49. The molecule has 0 unspecified atom stereocenters. The first kappa shape index (κ1) is 19.0. The number of hydrogen-bond acceptors (Lipinski definition) is 4. The number of thioether (sulfide) groups is 1. The fraction of sp³-hybridized carbons (Fsp3) is 0.150. The van der Waals surface area contributed by atoms with Gasteiger partial charge in [0.2, 0.25) is 5.91 Å². The molecule has 0 spiro atoms. The van der Waals surface area contributed by atoms with Gasteiger partial charge in [-0.3, -0.25) is 14.2 Å². The lowest BCUT2D eigenvalue weighted by atomic mass is 10.2. The molecule has 1 N–H and O–H groups in total. The predicted octanol–water partition coefficient (Wildman–Crippen LogP) is 3.19. The monoisotopic (exact) mass is 397 g/mol. The number of amides is 1. The molecule has 0 saturated heterocycles. The molecule has 7 heteroatoms. The van der Waals surface area contributed by atoms with E-state index in [4.69, 9.17) is 18.0 Å². The Morgan fingerprint density at radius 1 is 1.30 bits per heavy atom. The molecule has 3 rings (SSSR count). The highest BCUT2D eigenvalue weighted by molar-refractivity contribution is 7.99. The number of benzene rings is 2. The van der Waals surface area contributed by atoms with Crippen LogP contribution in [0.2, 0.25) is 5.02 Å². The molecule has 136 valence electrons. The highest BCUT2D eigenvalue weighted by Crippen LogP contribution is 2.26. The van der Waals surface area contributed by atoms with Crippen molar-refractivity contribution in [1.82, 2.24) is 14.9 Å². The van der Waals surface area contributed by atoms with Gasteiger partial charge in [-0.1, -0.05) is 47.5 Å². The lowest BCUT2D eigenvalue weighted by Gasteiger charge is -2.15. The number of carbonyl (C=O) groups is 1. The normalized spacial score (nSPS) is 10.6. The standard InChI is InChI=1S/C20H16ClN3O2S/c1-3-11-22-18(25)12-27-20-23-16-9-5-4-7-14(16)19(26)24(20)17-10-6-8-15(21)13(17)2/h1,4-10H,11-12H2,2H3,(H,22,25). The minimum absolute atomic E-state index is 0.0894. The highest BCUT2D eigenvalue weighted by atomic mass is 35.5. The van der Waals surface area contributed by atoms with Gasteiger partial charge in [-0.05, 0) is 36.8 Å². The minimum atomic E-state index is -0.227. The van der Waals surface area contributed by atoms with Crippen LogP contribution in [0.5, 0.6) is 0 Å². The van der Waals surface area contributed by atoms with Gasteiger partial charge >= 0.3 is 0 Å². The summed E-state index contributed by atoms with van der Waals surface area (Å²) in [5.41, 5.74) is 1.76. The molecule has 0 aliphatic rings. The molecule has 0 saturated carbocycles. The molecule has 5 nitrogen and oxygen atoms in total. The third kappa shape index (κ3) is 4.00. The topological polar surface area (TPSA) is 64.0 Å². The maximum Gasteiger partial charge on any atom is 0.266 e. The van der Waals surface area contributed by atoms with E-state index in [9.17, 15) is 9.59 Å².